The molecule has 12 nitrogen and oxygen atoms in total. The van der Waals surface area contributed by atoms with Crippen LogP contribution in [0.4, 0.5) is 0 Å². The third-order valence-corrected chi connectivity index (χ3v) is 5.80. The Morgan fingerprint density at radius 1 is 0.900 bits per heavy atom. The summed E-state index contributed by atoms with van der Waals surface area (Å²) in [5.74, 6) is 0.0485. The van der Waals surface area contributed by atoms with Gasteiger partial charge in [0.15, 0.2) is 0 Å². The average Bonchev–Trinajstić information content (AvgIpc) is 3.39. The summed E-state index contributed by atoms with van der Waals surface area (Å²) in [6.45, 7) is 5.41. The third-order valence-electron chi connectivity index (χ3n) is 3.88. The number of carbonyl (C=O) groups excluding carboxylic acids is 2. The van der Waals surface area contributed by atoms with Gasteiger partial charge in [-0.15, -0.1) is 3.97 Å². The second kappa shape index (κ2) is 12.1. The number of hydrogen-bond acceptors (Lipinski definition) is 10. The molecule has 0 unspecified atom stereocenters. The van der Waals surface area contributed by atoms with Crippen molar-refractivity contribution in [1.29, 1.82) is 0 Å². The van der Waals surface area contributed by atoms with Crippen LogP contribution >= 0.6 is 7.82 Å². The Hall–Kier alpha value is 1.24. The topological polar surface area (TPSA) is 153 Å². The Balaban J connectivity index is 0.000000577. The fraction of sp³-hybridized carbons (Fsp3) is 0.538. The summed E-state index contributed by atoms with van der Waals surface area (Å²) in [5.41, 5.74) is 1.89. The summed E-state index contributed by atoms with van der Waals surface area (Å²) >= 11 is 0. The van der Waals surface area contributed by atoms with Crippen molar-refractivity contribution in [2.75, 3.05) is 46.4 Å². The van der Waals surface area contributed by atoms with Crippen LogP contribution in [0.5, 0.6) is 0 Å². The number of phosphoric acid groups is 1. The average molecular weight is 495 g/mol. The van der Waals surface area contributed by atoms with Crippen molar-refractivity contribution in [3.8, 4) is 0 Å². The first kappa shape index (κ1) is 31.2. The Bertz CT molecular complexity index is 893. The van der Waals surface area contributed by atoms with Crippen molar-refractivity contribution in [2.24, 2.45) is 0 Å². The fourth-order valence-corrected chi connectivity index (χ4v) is 3.62. The van der Waals surface area contributed by atoms with E-state index in [-0.39, 0.29) is 100 Å². The monoisotopic (exact) mass is 495 g/mol. The molecule has 0 spiro atoms. The van der Waals surface area contributed by atoms with E-state index >= 15 is 0 Å². The molecule has 0 aromatic carbocycles. The van der Waals surface area contributed by atoms with Crippen molar-refractivity contribution < 1.29 is 40.5 Å². The number of ketones is 2. The van der Waals surface area contributed by atoms with Crippen LogP contribution in [0.2, 0.25) is 0 Å². The van der Waals surface area contributed by atoms with Crippen molar-refractivity contribution >= 4 is 118 Å². The summed E-state index contributed by atoms with van der Waals surface area (Å²) in [6, 6.07) is 0. The molecule has 2 N–H and O–H groups in total. The maximum atomic E-state index is 12.4. The van der Waals surface area contributed by atoms with Gasteiger partial charge in [0.1, 0.15) is 11.4 Å². The molecular formula is C13H21N3Na3O9PS. The van der Waals surface area contributed by atoms with Crippen LogP contribution in [0.15, 0.2) is 23.2 Å². The van der Waals surface area contributed by atoms with Gasteiger partial charge in [-0.1, -0.05) is 0 Å². The Morgan fingerprint density at radius 3 is 1.67 bits per heavy atom. The van der Waals surface area contributed by atoms with Gasteiger partial charge < -0.3 is 24.5 Å². The molecule has 0 bridgehead atoms. The zero-order chi connectivity index (χ0) is 20.0. The normalized spacial score (nSPS) is 19.6. The Morgan fingerprint density at radius 2 is 1.33 bits per heavy atom. The molecule has 0 aromatic rings. The van der Waals surface area contributed by atoms with Crippen molar-refractivity contribution in [3.63, 3.8) is 0 Å². The predicted octanol–water partition coefficient (Wildman–Crippen LogP) is -3.78. The number of rotatable bonds is 6. The second-order valence-electron chi connectivity index (χ2n) is 6.02. The minimum atomic E-state index is -5.02. The van der Waals surface area contributed by atoms with E-state index in [1.807, 2.05) is 14.7 Å². The van der Waals surface area contributed by atoms with Gasteiger partial charge >= 0.3 is 107 Å². The molecule has 1 aliphatic carbocycles. The van der Waals surface area contributed by atoms with Crippen molar-refractivity contribution in [2.45, 2.75) is 0 Å². The predicted molar refractivity (Wildman–Crippen MR) is 110 cm³/mol. The van der Waals surface area contributed by atoms with Gasteiger partial charge in [-0.05, 0) is 0 Å². The van der Waals surface area contributed by atoms with Gasteiger partial charge in [0.25, 0.3) is 0 Å². The Kier molecular flexibility index (Phi) is 12.6. The molecule has 3 aliphatic heterocycles. The van der Waals surface area contributed by atoms with E-state index in [1.54, 1.807) is 0 Å². The maximum absolute atomic E-state index is 12.4. The zero-order valence-corrected chi connectivity index (χ0v) is 16.0. The number of Topliss-reactive ketones (excluding diaryl/α,β-unsaturated/α-hetero) is 1. The molecule has 3 saturated heterocycles. The van der Waals surface area contributed by atoms with Crippen molar-refractivity contribution in [3.05, 3.63) is 23.2 Å². The molecule has 4 aliphatic rings. The summed E-state index contributed by atoms with van der Waals surface area (Å²) in [5, 5.41) is 0. The molecule has 0 radical (unpaired) electrons. The molecule has 30 heavy (non-hydrogen) atoms. The summed E-state index contributed by atoms with van der Waals surface area (Å²) in [7, 11) is -8.84. The van der Waals surface area contributed by atoms with Crippen LogP contribution < -0.4 is 0 Å². The standard InChI is InChI=1S/C12H13N3O2.CH5O7PS.3Na.3H/c16-9-7-8(13-1-2-13)12(17)11(15-5-6-15)10(9)14-3-4-14;1-7-10(5,6)8-9(2,3)4;;;;;;/h7H,1-6H2;1H3,(H2,2,3,4);;;;;;. The van der Waals surface area contributed by atoms with Gasteiger partial charge in [-0.2, -0.15) is 8.42 Å². The van der Waals surface area contributed by atoms with E-state index in [2.05, 4.69) is 8.15 Å². The van der Waals surface area contributed by atoms with Gasteiger partial charge in [-0.25, -0.2) is 4.57 Å². The van der Waals surface area contributed by atoms with E-state index in [1.165, 1.54) is 6.08 Å². The fourth-order valence-electron chi connectivity index (χ4n) is 2.42. The molecule has 0 atom stereocenters. The van der Waals surface area contributed by atoms with E-state index in [4.69, 9.17) is 9.79 Å². The van der Waals surface area contributed by atoms with E-state index in [0.717, 1.165) is 39.3 Å². The van der Waals surface area contributed by atoms with Gasteiger partial charge in [0.2, 0.25) is 11.6 Å². The molecule has 3 fully saturated rings. The molecule has 0 amide bonds. The van der Waals surface area contributed by atoms with Gasteiger partial charge in [0.05, 0.1) is 12.8 Å². The van der Waals surface area contributed by atoms with E-state index in [9.17, 15) is 22.6 Å². The first-order valence-corrected chi connectivity index (χ1v) is 10.8. The van der Waals surface area contributed by atoms with Crippen LogP contribution in [-0.2, 0) is 32.7 Å². The summed E-state index contributed by atoms with van der Waals surface area (Å²) in [6.07, 6.45) is 1.52. The zero-order valence-electron chi connectivity index (χ0n) is 14.3. The van der Waals surface area contributed by atoms with Crippen LogP contribution in [0.3, 0.4) is 0 Å². The van der Waals surface area contributed by atoms with E-state index < -0.39 is 18.2 Å². The van der Waals surface area contributed by atoms with E-state index in [0.29, 0.717) is 24.2 Å². The van der Waals surface area contributed by atoms with Gasteiger partial charge in [0, 0.05) is 45.3 Å². The quantitative estimate of drug-likeness (QED) is 0.161. The van der Waals surface area contributed by atoms with Crippen LogP contribution in [0.1, 0.15) is 0 Å². The number of nitrogens with zero attached hydrogens (tertiary/aromatic N) is 3. The summed E-state index contributed by atoms with van der Waals surface area (Å²) < 4.78 is 36.7. The molecule has 17 heteroatoms. The van der Waals surface area contributed by atoms with Crippen LogP contribution in [0.25, 0.3) is 0 Å². The van der Waals surface area contributed by atoms with Gasteiger partial charge in [-0.3, -0.25) is 13.8 Å². The number of hydrogen-bond donors (Lipinski definition) is 2. The number of carbonyl (C=O) groups is 2. The molecule has 0 saturated carbocycles. The Labute approximate surface area is 240 Å². The summed E-state index contributed by atoms with van der Waals surface area (Å²) in [4.78, 5) is 46.3. The molecule has 156 valence electrons. The molecular weight excluding hydrogens is 474 g/mol. The first-order valence-electron chi connectivity index (χ1n) is 7.89. The molecule has 4 rings (SSSR count). The number of allylic oxidation sites excluding steroid dienone is 1. The molecule has 3 heterocycles. The second-order valence-corrected chi connectivity index (χ2v) is 8.75. The first-order chi connectivity index (χ1) is 12.5. The SMILES string of the molecule is COS(=O)(=O)OP(=O)(O)O.O=C1C=C(N2CC2)C(=O)C(N2CC2)=C1N1CC1.[NaH].[NaH].[NaH]. The molecule has 0 aromatic heterocycles. The third kappa shape index (κ3) is 8.88. The van der Waals surface area contributed by atoms with Crippen molar-refractivity contribution in [1.82, 2.24) is 14.7 Å². The minimum absolute atomic E-state index is 0. The van der Waals surface area contributed by atoms with Crippen LogP contribution in [0, 0.1) is 0 Å². The van der Waals surface area contributed by atoms with Crippen LogP contribution in [-0.4, -0.2) is 180 Å².